The molecule has 1 aromatic carbocycles. The molecule has 104 valence electrons. The van der Waals surface area contributed by atoms with E-state index in [1.165, 1.54) is 0 Å². The third-order valence-corrected chi connectivity index (χ3v) is 2.52. The molecule has 2 amide bonds. The van der Waals surface area contributed by atoms with E-state index >= 15 is 0 Å². The molecule has 1 rings (SSSR count). The van der Waals surface area contributed by atoms with Crippen LogP contribution in [0.1, 0.15) is 12.0 Å². The molecule has 0 aliphatic rings. The molecule has 1 unspecified atom stereocenters. The summed E-state index contributed by atoms with van der Waals surface area (Å²) < 4.78 is 0. The van der Waals surface area contributed by atoms with Crippen LogP contribution in [0.4, 0.5) is 5.69 Å². The van der Waals surface area contributed by atoms with Gasteiger partial charge in [-0.05, 0) is 25.7 Å². The van der Waals surface area contributed by atoms with Gasteiger partial charge in [0.05, 0.1) is 12.5 Å². The van der Waals surface area contributed by atoms with Crippen LogP contribution in [-0.4, -0.2) is 36.9 Å². The highest BCUT2D eigenvalue weighted by Crippen LogP contribution is 2.16. The van der Waals surface area contributed by atoms with Crippen molar-refractivity contribution in [1.29, 1.82) is 0 Å². The molecule has 0 spiro atoms. The van der Waals surface area contributed by atoms with E-state index in [0.717, 1.165) is 5.56 Å². The number of para-hydroxylation sites is 1. The van der Waals surface area contributed by atoms with Gasteiger partial charge in [0.15, 0.2) is 0 Å². The summed E-state index contributed by atoms with van der Waals surface area (Å²) in [6.45, 7) is 0.696. The molecule has 1 aromatic rings. The first kappa shape index (κ1) is 15.1. The second-order valence-corrected chi connectivity index (χ2v) is 4.66. The number of nitrogens with two attached hydrogens (primary N) is 2. The van der Waals surface area contributed by atoms with E-state index in [1.807, 2.05) is 37.2 Å². The molecule has 0 aliphatic heterocycles. The van der Waals surface area contributed by atoms with Gasteiger partial charge in [-0.25, -0.2) is 0 Å². The van der Waals surface area contributed by atoms with E-state index in [9.17, 15) is 9.59 Å². The van der Waals surface area contributed by atoms with Crippen molar-refractivity contribution in [2.75, 3.05) is 19.4 Å². The van der Waals surface area contributed by atoms with Crippen molar-refractivity contribution in [3.8, 4) is 0 Å². The number of hydrogen-bond donors (Lipinski definition) is 3. The van der Waals surface area contributed by atoms with Crippen LogP contribution >= 0.6 is 0 Å². The van der Waals surface area contributed by atoms with Gasteiger partial charge in [0.25, 0.3) is 0 Å². The van der Waals surface area contributed by atoms with Crippen molar-refractivity contribution >= 4 is 17.5 Å². The van der Waals surface area contributed by atoms with Crippen LogP contribution in [0.5, 0.6) is 0 Å². The van der Waals surface area contributed by atoms with Gasteiger partial charge in [0, 0.05) is 12.2 Å². The van der Waals surface area contributed by atoms with Gasteiger partial charge in [-0.15, -0.1) is 0 Å². The second kappa shape index (κ2) is 6.86. The number of rotatable bonds is 6. The van der Waals surface area contributed by atoms with Crippen molar-refractivity contribution in [3.05, 3.63) is 29.8 Å². The van der Waals surface area contributed by atoms with Gasteiger partial charge in [0.2, 0.25) is 11.8 Å². The summed E-state index contributed by atoms with van der Waals surface area (Å²) in [5.74, 6) is -1.01. The Kier molecular flexibility index (Phi) is 5.47. The molecule has 6 nitrogen and oxygen atoms in total. The Morgan fingerprint density at radius 3 is 2.53 bits per heavy atom. The Labute approximate surface area is 112 Å². The molecule has 0 bridgehead atoms. The van der Waals surface area contributed by atoms with Crippen molar-refractivity contribution in [2.24, 2.45) is 11.5 Å². The lowest BCUT2D eigenvalue weighted by atomic mass is 10.1. The van der Waals surface area contributed by atoms with Gasteiger partial charge in [-0.3, -0.25) is 9.59 Å². The van der Waals surface area contributed by atoms with Crippen LogP contribution in [0.3, 0.4) is 0 Å². The first-order valence-corrected chi connectivity index (χ1v) is 5.97. The van der Waals surface area contributed by atoms with E-state index in [2.05, 4.69) is 5.32 Å². The van der Waals surface area contributed by atoms with Crippen LogP contribution in [0.2, 0.25) is 0 Å². The number of carbonyl (C=O) groups is 2. The Hall–Kier alpha value is -1.92. The number of carbonyl (C=O) groups excluding carboxylic acids is 2. The van der Waals surface area contributed by atoms with Gasteiger partial charge in [-0.1, -0.05) is 18.2 Å². The number of nitrogens with one attached hydrogen (secondary N) is 1. The smallest absolute Gasteiger partial charge is 0.241 e. The molecule has 0 saturated carbocycles. The minimum atomic E-state index is -0.926. The normalized spacial score (nSPS) is 12.2. The summed E-state index contributed by atoms with van der Waals surface area (Å²) in [5.41, 5.74) is 12.3. The van der Waals surface area contributed by atoms with Gasteiger partial charge in [0.1, 0.15) is 0 Å². The number of benzene rings is 1. The van der Waals surface area contributed by atoms with Crippen LogP contribution in [0, 0.1) is 0 Å². The predicted octanol–water partition coefficient (Wildman–Crippen LogP) is -0.111. The number of anilines is 1. The highest BCUT2D eigenvalue weighted by Gasteiger charge is 2.17. The highest BCUT2D eigenvalue weighted by atomic mass is 16.2. The zero-order valence-corrected chi connectivity index (χ0v) is 11.2. The topological polar surface area (TPSA) is 101 Å². The molecule has 6 heteroatoms. The molecule has 0 aromatic heterocycles. The lowest BCUT2D eigenvalue weighted by Crippen LogP contribution is -2.39. The zero-order valence-electron chi connectivity index (χ0n) is 11.2. The molecule has 19 heavy (non-hydrogen) atoms. The monoisotopic (exact) mass is 264 g/mol. The summed E-state index contributed by atoms with van der Waals surface area (Å²) in [7, 11) is 3.88. The summed E-state index contributed by atoms with van der Waals surface area (Å²) in [4.78, 5) is 24.6. The van der Waals surface area contributed by atoms with Crippen molar-refractivity contribution in [1.82, 2.24) is 4.90 Å². The fourth-order valence-electron chi connectivity index (χ4n) is 1.66. The number of hydrogen-bond acceptors (Lipinski definition) is 4. The third kappa shape index (κ3) is 5.07. The largest absolute Gasteiger partial charge is 0.370 e. The van der Waals surface area contributed by atoms with Crippen molar-refractivity contribution in [2.45, 2.75) is 19.0 Å². The summed E-state index contributed by atoms with van der Waals surface area (Å²) >= 11 is 0. The fourth-order valence-corrected chi connectivity index (χ4v) is 1.66. The Morgan fingerprint density at radius 1 is 1.32 bits per heavy atom. The van der Waals surface area contributed by atoms with Crippen molar-refractivity contribution < 1.29 is 9.59 Å². The molecule has 0 radical (unpaired) electrons. The Morgan fingerprint density at radius 2 is 1.95 bits per heavy atom. The standard InChI is InChI=1S/C13H20N4O2/c1-17(2)8-9-5-3-4-6-11(9)16-13(19)10(14)7-12(15)18/h3-6,10H,7-8,14H2,1-2H3,(H2,15,18)(H,16,19). The van der Waals surface area contributed by atoms with Gasteiger partial charge >= 0.3 is 0 Å². The second-order valence-electron chi connectivity index (χ2n) is 4.66. The zero-order chi connectivity index (χ0) is 14.4. The lowest BCUT2D eigenvalue weighted by molar-refractivity contribution is -0.123. The molecule has 0 aliphatic carbocycles. The molecular weight excluding hydrogens is 244 g/mol. The molecule has 0 saturated heterocycles. The average Bonchev–Trinajstić information content (AvgIpc) is 2.30. The molecule has 0 fully saturated rings. The Balaban J connectivity index is 2.76. The summed E-state index contributed by atoms with van der Waals surface area (Å²) in [6, 6.07) is 6.53. The van der Waals surface area contributed by atoms with Gasteiger partial charge < -0.3 is 21.7 Å². The third-order valence-electron chi connectivity index (χ3n) is 2.52. The van der Waals surface area contributed by atoms with Crippen LogP contribution in [0.25, 0.3) is 0 Å². The van der Waals surface area contributed by atoms with E-state index in [4.69, 9.17) is 11.5 Å². The molecule has 5 N–H and O–H groups in total. The lowest BCUT2D eigenvalue weighted by Gasteiger charge is -2.16. The number of nitrogens with zero attached hydrogens (tertiary/aromatic N) is 1. The average molecular weight is 264 g/mol. The number of amides is 2. The van der Waals surface area contributed by atoms with E-state index < -0.39 is 17.9 Å². The summed E-state index contributed by atoms with van der Waals surface area (Å²) in [5, 5.41) is 2.72. The maximum Gasteiger partial charge on any atom is 0.241 e. The summed E-state index contributed by atoms with van der Waals surface area (Å²) in [6.07, 6.45) is -0.165. The van der Waals surface area contributed by atoms with E-state index in [0.29, 0.717) is 12.2 Å². The minimum absolute atomic E-state index is 0.165. The minimum Gasteiger partial charge on any atom is -0.370 e. The first-order chi connectivity index (χ1) is 8.90. The van der Waals surface area contributed by atoms with Crippen molar-refractivity contribution in [3.63, 3.8) is 0 Å². The van der Waals surface area contributed by atoms with Crippen LogP contribution in [-0.2, 0) is 16.1 Å². The highest BCUT2D eigenvalue weighted by molar-refractivity contribution is 5.97. The molecular formula is C13H20N4O2. The number of primary amides is 1. The maximum absolute atomic E-state index is 11.8. The van der Waals surface area contributed by atoms with E-state index in [1.54, 1.807) is 6.07 Å². The van der Waals surface area contributed by atoms with Crippen LogP contribution in [0.15, 0.2) is 24.3 Å². The quantitative estimate of drug-likeness (QED) is 0.667. The van der Waals surface area contributed by atoms with E-state index in [-0.39, 0.29) is 6.42 Å². The first-order valence-electron chi connectivity index (χ1n) is 5.97. The fraction of sp³-hybridized carbons (Fsp3) is 0.385. The molecule has 1 atom stereocenters. The molecule has 0 heterocycles. The SMILES string of the molecule is CN(C)Cc1ccccc1NC(=O)C(N)CC(N)=O. The Bertz CT molecular complexity index is 460. The maximum atomic E-state index is 11.8. The predicted molar refractivity (Wildman–Crippen MR) is 74.2 cm³/mol. The van der Waals surface area contributed by atoms with Gasteiger partial charge in [-0.2, -0.15) is 0 Å². The van der Waals surface area contributed by atoms with Crippen LogP contribution < -0.4 is 16.8 Å².